The normalized spacial score (nSPS) is 34.4. The van der Waals surface area contributed by atoms with Gasteiger partial charge >= 0.3 is 0 Å². The maximum atomic E-state index is 6.32. The first-order valence-electron chi connectivity index (χ1n) is 9.52. The Kier molecular flexibility index (Phi) is 7.78. The van der Waals surface area contributed by atoms with E-state index in [-0.39, 0.29) is 29.9 Å². The summed E-state index contributed by atoms with van der Waals surface area (Å²) in [7, 11) is 1.72. The third kappa shape index (κ3) is 4.61. The number of rotatable bonds is 8. The van der Waals surface area contributed by atoms with E-state index in [9.17, 15) is 0 Å². The van der Waals surface area contributed by atoms with E-state index in [1.165, 1.54) is 0 Å². The van der Waals surface area contributed by atoms with Crippen LogP contribution in [-0.2, 0) is 23.7 Å². The molecule has 3 rings (SSSR count). The molecule has 6 atom stereocenters. The van der Waals surface area contributed by atoms with Gasteiger partial charge in [0.05, 0.1) is 6.61 Å². The molecule has 2 heterocycles. The standard InChI is InChI=1S/C20H30O5S/c1-4-6-12-22-17-16-15(24-20(26-5-2)18(17)21-3)13-23-19(25-16)14-10-8-7-9-11-14/h7-11,15-20H,4-6,12-13H2,1-3H3/t15?,16-,17+,18?,19?,20+/m1/s1. The molecule has 0 saturated carbocycles. The minimum Gasteiger partial charge on any atom is -0.375 e. The molecule has 2 aliphatic rings. The summed E-state index contributed by atoms with van der Waals surface area (Å²) < 4.78 is 30.6. The molecule has 146 valence electrons. The molecule has 0 amide bonds. The van der Waals surface area contributed by atoms with Crippen LogP contribution in [-0.4, -0.2) is 55.9 Å². The van der Waals surface area contributed by atoms with E-state index in [1.807, 2.05) is 30.3 Å². The molecule has 5 nitrogen and oxygen atoms in total. The van der Waals surface area contributed by atoms with Gasteiger partial charge in [-0.2, -0.15) is 0 Å². The monoisotopic (exact) mass is 382 g/mol. The van der Waals surface area contributed by atoms with Gasteiger partial charge in [0.1, 0.15) is 29.9 Å². The minimum absolute atomic E-state index is 0.0710. The zero-order chi connectivity index (χ0) is 18.4. The topological polar surface area (TPSA) is 46.2 Å². The second-order valence-electron chi connectivity index (χ2n) is 6.56. The zero-order valence-corrected chi connectivity index (χ0v) is 16.7. The third-order valence-electron chi connectivity index (χ3n) is 4.77. The van der Waals surface area contributed by atoms with Crippen LogP contribution >= 0.6 is 11.8 Å². The predicted octanol–water partition coefficient (Wildman–Crippen LogP) is 3.78. The average Bonchev–Trinajstić information content (AvgIpc) is 2.68. The Morgan fingerprint density at radius 2 is 1.92 bits per heavy atom. The van der Waals surface area contributed by atoms with Crippen molar-refractivity contribution in [2.24, 2.45) is 0 Å². The molecule has 6 heteroatoms. The van der Waals surface area contributed by atoms with Crippen molar-refractivity contribution in [3.63, 3.8) is 0 Å². The van der Waals surface area contributed by atoms with Crippen molar-refractivity contribution in [2.75, 3.05) is 26.1 Å². The van der Waals surface area contributed by atoms with Crippen LogP contribution in [0.4, 0.5) is 0 Å². The molecule has 0 aliphatic carbocycles. The maximum absolute atomic E-state index is 6.32. The predicted molar refractivity (Wildman–Crippen MR) is 102 cm³/mol. The number of ether oxygens (including phenoxy) is 5. The van der Waals surface area contributed by atoms with E-state index in [0.29, 0.717) is 13.2 Å². The number of hydrogen-bond acceptors (Lipinski definition) is 6. The van der Waals surface area contributed by atoms with Crippen LogP contribution in [0.5, 0.6) is 0 Å². The van der Waals surface area contributed by atoms with Gasteiger partial charge in [-0.1, -0.05) is 50.6 Å². The van der Waals surface area contributed by atoms with Gasteiger partial charge in [-0.05, 0) is 12.2 Å². The van der Waals surface area contributed by atoms with E-state index < -0.39 is 6.29 Å². The largest absolute Gasteiger partial charge is 0.375 e. The van der Waals surface area contributed by atoms with Crippen molar-refractivity contribution < 1.29 is 23.7 Å². The summed E-state index contributed by atoms with van der Waals surface area (Å²) in [6, 6.07) is 10.0. The zero-order valence-electron chi connectivity index (χ0n) is 15.8. The smallest absolute Gasteiger partial charge is 0.184 e. The van der Waals surface area contributed by atoms with Gasteiger partial charge in [0, 0.05) is 19.3 Å². The first-order valence-corrected chi connectivity index (χ1v) is 10.6. The molecule has 2 aliphatic heterocycles. The fourth-order valence-electron chi connectivity index (χ4n) is 3.43. The summed E-state index contributed by atoms with van der Waals surface area (Å²) in [6.45, 7) is 5.48. The molecule has 0 N–H and O–H groups in total. The molecular formula is C20H30O5S. The molecule has 0 radical (unpaired) electrons. The first kappa shape index (κ1) is 20.1. The molecule has 1 aromatic rings. The van der Waals surface area contributed by atoms with Crippen LogP contribution in [0, 0.1) is 0 Å². The van der Waals surface area contributed by atoms with E-state index in [1.54, 1.807) is 18.9 Å². The number of fused-ring (bicyclic) bond motifs is 1. The summed E-state index contributed by atoms with van der Waals surface area (Å²) in [5.41, 5.74) is 0.940. The maximum Gasteiger partial charge on any atom is 0.184 e. The lowest BCUT2D eigenvalue weighted by Crippen LogP contribution is -2.62. The molecule has 0 spiro atoms. The quantitative estimate of drug-likeness (QED) is 0.638. The fraction of sp³-hybridized carbons (Fsp3) is 0.700. The molecule has 0 aromatic heterocycles. The van der Waals surface area contributed by atoms with Crippen molar-refractivity contribution in [1.29, 1.82) is 0 Å². The second kappa shape index (κ2) is 10.1. The summed E-state index contributed by atoms with van der Waals surface area (Å²) in [5.74, 6) is 0.956. The third-order valence-corrected chi connectivity index (χ3v) is 5.81. The van der Waals surface area contributed by atoms with Gasteiger partial charge in [-0.25, -0.2) is 0 Å². The number of benzene rings is 1. The van der Waals surface area contributed by atoms with E-state index in [4.69, 9.17) is 23.7 Å². The SMILES string of the molecule is CCCCO[C@@H]1C(OC)[C@H](SCC)OC2COC(c3ccccc3)O[C@H]21. The van der Waals surface area contributed by atoms with Gasteiger partial charge in [-0.3, -0.25) is 0 Å². The number of methoxy groups -OCH3 is 1. The molecule has 2 saturated heterocycles. The molecule has 3 unspecified atom stereocenters. The van der Waals surface area contributed by atoms with Crippen molar-refractivity contribution in [3.8, 4) is 0 Å². The van der Waals surface area contributed by atoms with Crippen LogP contribution in [0.15, 0.2) is 30.3 Å². The molecule has 1 aromatic carbocycles. The number of thioether (sulfide) groups is 1. The second-order valence-corrected chi connectivity index (χ2v) is 7.94. The Bertz CT molecular complexity index is 528. The molecule has 2 fully saturated rings. The van der Waals surface area contributed by atoms with Crippen LogP contribution in [0.25, 0.3) is 0 Å². The average molecular weight is 383 g/mol. The van der Waals surface area contributed by atoms with Gasteiger partial charge in [0.2, 0.25) is 0 Å². The van der Waals surface area contributed by atoms with Crippen LogP contribution in [0.1, 0.15) is 38.5 Å². The highest BCUT2D eigenvalue weighted by Gasteiger charge is 2.50. The van der Waals surface area contributed by atoms with Crippen molar-refractivity contribution in [1.82, 2.24) is 0 Å². The van der Waals surface area contributed by atoms with Crippen molar-refractivity contribution >= 4 is 11.8 Å². The van der Waals surface area contributed by atoms with E-state index in [0.717, 1.165) is 24.2 Å². The number of hydrogen-bond donors (Lipinski definition) is 0. The molecule has 26 heavy (non-hydrogen) atoms. The van der Waals surface area contributed by atoms with Gasteiger partial charge in [-0.15, -0.1) is 11.8 Å². The lowest BCUT2D eigenvalue weighted by Gasteiger charge is -2.48. The van der Waals surface area contributed by atoms with Crippen LogP contribution in [0.2, 0.25) is 0 Å². The van der Waals surface area contributed by atoms with Crippen molar-refractivity contribution in [2.45, 2.75) is 62.8 Å². The summed E-state index contributed by atoms with van der Waals surface area (Å²) >= 11 is 1.74. The Morgan fingerprint density at radius 1 is 1.12 bits per heavy atom. The van der Waals surface area contributed by atoms with E-state index >= 15 is 0 Å². The molecular weight excluding hydrogens is 352 g/mol. The summed E-state index contributed by atoms with van der Waals surface area (Å²) in [4.78, 5) is 0. The van der Waals surface area contributed by atoms with E-state index in [2.05, 4.69) is 13.8 Å². The summed E-state index contributed by atoms with van der Waals surface area (Å²) in [5, 5.41) is 0. The Balaban J connectivity index is 1.77. The molecule has 0 bridgehead atoms. The summed E-state index contributed by atoms with van der Waals surface area (Å²) in [6.07, 6.45) is 1.05. The first-order chi connectivity index (χ1) is 12.8. The highest BCUT2D eigenvalue weighted by atomic mass is 32.2. The van der Waals surface area contributed by atoms with Gasteiger partial charge in [0.25, 0.3) is 0 Å². The van der Waals surface area contributed by atoms with Crippen LogP contribution in [0.3, 0.4) is 0 Å². The Morgan fingerprint density at radius 3 is 2.62 bits per heavy atom. The van der Waals surface area contributed by atoms with Crippen molar-refractivity contribution in [3.05, 3.63) is 35.9 Å². The van der Waals surface area contributed by atoms with Gasteiger partial charge < -0.3 is 23.7 Å². The Hall–Kier alpha value is -0.630. The fourth-order valence-corrected chi connectivity index (χ4v) is 4.43. The Labute approximate surface area is 160 Å². The van der Waals surface area contributed by atoms with Gasteiger partial charge in [0.15, 0.2) is 6.29 Å². The lowest BCUT2D eigenvalue weighted by molar-refractivity contribution is -0.325. The highest BCUT2D eigenvalue weighted by Crippen LogP contribution is 2.38. The van der Waals surface area contributed by atoms with Crippen LogP contribution < -0.4 is 0 Å². The lowest BCUT2D eigenvalue weighted by atomic mass is 9.98. The minimum atomic E-state index is -0.397. The highest BCUT2D eigenvalue weighted by molar-refractivity contribution is 7.99. The number of unbranched alkanes of at least 4 members (excludes halogenated alkanes) is 1.